The van der Waals surface area contributed by atoms with Crippen LogP contribution in [0.5, 0.6) is 0 Å². The van der Waals surface area contributed by atoms with Crippen LogP contribution in [0, 0.1) is 5.82 Å². The number of amides is 1. The zero-order valence-corrected chi connectivity index (χ0v) is 11.5. The number of hydrogen-bond donors (Lipinski definition) is 1. The van der Waals surface area contributed by atoms with E-state index in [0.29, 0.717) is 12.2 Å². The van der Waals surface area contributed by atoms with E-state index in [4.69, 9.17) is 10.5 Å². The van der Waals surface area contributed by atoms with Crippen LogP contribution < -0.4 is 5.73 Å². The minimum atomic E-state index is -3.76. The van der Waals surface area contributed by atoms with E-state index in [0.717, 1.165) is 10.4 Å². The summed E-state index contributed by atoms with van der Waals surface area (Å²) in [6.45, 7) is 0.142. The molecule has 2 rings (SSSR count). The Morgan fingerprint density at radius 1 is 1.50 bits per heavy atom. The lowest BCUT2D eigenvalue weighted by atomic mass is 10.2. The Bertz CT molecular complexity index is 601. The van der Waals surface area contributed by atoms with Crippen molar-refractivity contribution in [1.82, 2.24) is 4.31 Å². The summed E-state index contributed by atoms with van der Waals surface area (Å²) in [7, 11) is -3.76. The third-order valence-electron chi connectivity index (χ3n) is 2.77. The summed E-state index contributed by atoms with van der Waals surface area (Å²) in [5.41, 5.74) is 5.37. The fourth-order valence-electron chi connectivity index (χ4n) is 1.78. The molecule has 0 radical (unpaired) electrons. The first kappa shape index (κ1) is 14.9. The van der Waals surface area contributed by atoms with Gasteiger partial charge in [0.1, 0.15) is 5.82 Å². The second kappa shape index (κ2) is 5.86. The lowest BCUT2D eigenvalue weighted by Gasteiger charge is -2.19. The van der Waals surface area contributed by atoms with Gasteiger partial charge in [0, 0.05) is 6.54 Å². The number of epoxide rings is 1. The Morgan fingerprint density at radius 3 is 2.75 bits per heavy atom. The van der Waals surface area contributed by atoms with E-state index in [1.54, 1.807) is 0 Å². The van der Waals surface area contributed by atoms with Crippen molar-refractivity contribution in [2.45, 2.75) is 11.9 Å². The van der Waals surface area contributed by atoms with Crippen molar-refractivity contribution in [3.8, 4) is 0 Å². The van der Waals surface area contributed by atoms with Crippen LogP contribution in [0.15, 0.2) is 24.3 Å². The predicted octanol–water partition coefficient (Wildman–Crippen LogP) is -0.158. The van der Waals surface area contributed by atoms with E-state index in [1.807, 2.05) is 0 Å². The second-order valence-electron chi connectivity index (χ2n) is 4.60. The molecule has 1 aromatic rings. The summed E-state index contributed by atoms with van der Waals surface area (Å²) in [5.74, 6) is -1.64. The summed E-state index contributed by atoms with van der Waals surface area (Å²) >= 11 is 0. The van der Waals surface area contributed by atoms with Gasteiger partial charge in [0.2, 0.25) is 15.9 Å². The second-order valence-corrected chi connectivity index (χ2v) is 6.57. The number of sulfonamides is 1. The zero-order valence-electron chi connectivity index (χ0n) is 10.7. The molecule has 1 atom stereocenters. The largest absolute Gasteiger partial charge is 0.372 e. The molecule has 1 heterocycles. The van der Waals surface area contributed by atoms with Crippen LogP contribution in [0.2, 0.25) is 0 Å². The Labute approximate surface area is 116 Å². The van der Waals surface area contributed by atoms with Gasteiger partial charge in [0.05, 0.1) is 25.0 Å². The standard InChI is InChI=1S/C12H15FN2O4S/c13-10-3-1-2-9(4-10)8-20(17,18)15(6-12(14)16)5-11-7-19-11/h1-4,11H,5-8H2,(H2,14,16). The van der Waals surface area contributed by atoms with E-state index >= 15 is 0 Å². The maximum absolute atomic E-state index is 13.1. The number of hydrogen-bond acceptors (Lipinski definition) is 4. The first-order valence-corrected chi connectivity index (χ1v) is 7.60. The van der Waals surface area contributed by atoms with Crippen LogP contribution in [-0.2, 0) is 25.3 Å². The van der Waals surface area contributed by atoms with Gasteiger partial charge in [-0.05, 0) is 17.7 Å². The lowest BCUT2D eigenvalue weighted by Crippen LogP contribution is -2.41. The molecule has 110 valence electrons. The number of nitrogens with zero attached hydrogens (tertiary/aromatic N) is 1. The average Bonchev–Trinajstić information content (AvgIpc) is 3.11. The van der Waals surface area contributed by atoms with E-state index in [1.165, 1.54) is 18.2 Å². The van der Waals surface area contributed by atoms with Crippen LogP contribution in [0.25, 0.3) is 0 Å². The lowest BCUT2D eigenvalue weighted by molar-refractivity contribution is -0.118. The highest BCUT2D eigenvalue weighted by Crippen LogP contribution is 2.17. The van der Waals surface area contributed by atoms with E-state index in [-0.39, 0.29) is 18.4 Å². The fraction of sp³-hybridized carbons (Fsp3) is 0.417. The first-order chi connectivity index (χ1) is 9.37. The van der Waals surface area contributed by atoms with Gasteiger partial charge < -0.3 is 10.5 Å². The molecule has 0 aliphatic carbocycles. The number of benzene rings is 1. The number of carbonyl (C=O) groups is 1. The third kappa shape index (κ3) is 4.26. The number of nitrogens with two attached hydrogens (primary N) is 1. The predicted molar refractivity (Wildman–Crippen MR) is 69.5 cm³/mol. The first-order valence-electron chi connectivity index (χ1n) is 5.99. The van der Waals surface area contributed by atoms with Crippen molar-refractivity contribution in [1.29, 1.82) is 0 Å². The molecule has 1 aromatic carbocycles. The molecule has 1 aliphatic rings. The third-order valence-corrected chi connectivity index (χ3v) is 4.54. The Kier molecular flexibility index (Phi) is 4.36. The van der Waals surface area contributed by atoms with Crippen LogP contribution >= 0.6 is 0 Å². The van der Waals surface area contributed by atoms with Gasteiger partial charge in [-0.3, -0.25) is 4.79 Å². The number of primary amides is 1. The number of ether oxygens (including phenoxy) is 1. The summed E-state index contributed by atoms with van der Waals surface area (Å²) in [6.07, 6.45) is -0.198. The monoisotopic (exact) mass is 302 g/mol. The van der Waals surface area contributed by atoms with Crippen LogP contribution in [0.4, 0.5) is 4.39 Å². The summed E-state index contributed by atoms with van der Waals surface area (Å²) in [5, 5.41) is 0. The average molecular weight is 302 g/mol. The highest BCUT2D eigenvalue weighted by molar-refractivity contribution is 7.88. The number of carbonyl (C=O) groups excluding carboxylic acids is 1. The molecule has 20 heavy (non-hydrogen) atoms. The van der Waals surface area contributed by atoms with E-state index in [2.05, 4.69) is 0 Å². The zero-order chi connectivity index (χ0) is 14.8. The van der Waals surface area contributed by atoms with Crippen molar-refractivity contribution in [2.24, 2.45) is 5.73 Å². The Hall–Kier alpha value is -1.51. The quantitative estimate of drug-likeness (QED) is 0.708. The molecule has 0 bridgehead atoms. The topological polar surface area (TPSA) is 93.0 Å². The molecule has 1 amide bonds. The highest BCUT2D eigenvalue weighted by Gasteiger charge is 2.32. The molecule has 1 saturated heterocycles. The summed E-state index contributed by atoms with van der Waals surface area (Å²) < 4.78 is 43.5. The van der Waals surface area contributed by atoms with Crippen molar-refractivity contribution in [2.75, 3.05) is 19.7 Å². The Morgan fingerprint density at radius 2 is 2.20 bits per heavy atom. The van der Waals surface area contributed by atoms with Crippen molar-refractivity contribution in [3.63, 3.8) is 0 Å². The maximum Gasteiger partial charge on any atom is 0.232 e. The minimum Gasteiger partial charge on any atom is -0.372 e. The number of halogens is 1. The highest BCUT2D eigenvalue weighted by atomic mass is 32.2. The number of rotatable bonds is 7. The minimum absolute atomic E-state index is 0.0839. The SMILES string of the molecule is NC(=O)CN(CC1CO1)S(=O)(=O)Cc1cccc(F)c1. The van der Waals surface area contributed by atoms with Gasteiger partial charge >= 0.3 is 0 Å². The summed E-state index contributed by atoms with van der Waals surface area (Å²) in [6, 6.07) is 5.32. The molecule has 1 fully saturated rings. The van der Waals surface area contributed by atoms with Crippen molar-refractivity contribution in [3.05, 3.63) is 35.6 Å². The molecule has 1 aliphatic heterocycles. The maximum atomic E-state index is 13.1. The molecule has 1 unspecified atom stereocenters. The van der Waals surface area contributed by atoms with Crippen LogP contribution in [-0.4, -0.2) is 44.4 Å². The normalized spacial score (nSPS) is 18.2. The molecule has 8 heteroatoms. The van der Waals surface area contributed by atoms with E-state index < -0.39 is 28.3 Å². The molecule has 0 spiro atoms. The molecule has 0 aromatic heterocycles. The van der Waals surface area contributed by atoms with Gasteiger partial charge in [-0.25, -0.2) is 12.8 Å². The van der Waals surface area contributed by atoms with Crippen molar-refractivity contribution < 1.29 is 22.3 Å². The molecule has 2 N–H and O–H groups in total. The van der Waals surface area contributed by atoms with E-state index in [9.17, 15) is 17.6 Å². The van der Waals surface area contributed by atoms with Gasteiger partial charge in [0.25, 0.3) is 0 Å². The molecule has 6 nitrogen and oxygen atoms in total. The molecular formula is C12H15FN2O4S. The smallest absolute Gasteiger partial charge is 0.232 e. The van der Waals surface area contributed by atoms with Crippen molar-refractivity contribution >= 4 is 15.9 Å². The van der Waals surface area contributed by atoms with Gasteiger partial charge in [-0.15, -0.1) is 0 Å². The van der Waals surface area contributed by atoms with Gasteiger partial charge in [-0.1, -0.05) is 12.1 Å². The van der Waals surface area contributed by atoms with Crippen LogP contribution in [0.1, 0.15) is 5.56 Å². The fourth-order valence-corrected chi connectivity index (χ4v) is 3.28. The molecular weight excluding hydrogens is 287 g/mol. The summed E-state index contributed by atoms with van der Waals surface area (Å²) in [4.78, 5) is 11.0. The molecule has 0 saturated carbocycles. The van der Waals surface area contributed by atoms with Gasteiger partial charge in [0.15, 0.2) is 0 Å². The Balaban J connectivity index is 2.14. The van der Waals surface area contributed by atoms with Crippen LogP contribution in [0.3, 0.4) is 0 Å². The van der Waals surface area contributed by atoms with Gasteiger partial charge in [-0.2, -0.15) is 4.31 Å².